The van der Waals surface area contributed by atoms with Crippen LogP contribution in [0.5, 0.6) is 0 Å². The van der Waals surface area contributed by atoms with Crippen LogP contribution in [-0.2, 0) is 7.05 Å². The molecule has 2 nitrogen and oxygen atoms in total. The monoisotopic (exact) mass is 204 g/mol. The van der Waals surface area contributed by atoms with Gasteiger partial charge in [-0.25, -0.2) is 22.5 Å². The first-order valence-corrected chi connectivity index (χ1v) is 3.67. The molecule has 74 valence electrons. The molecule has 0 saturated carbocycles. The van der Waals surface area contributed by atoms with Gasteiger partial charge in [0.25, 0.3) is 0 Å². The smallest absolute Gasteiger partial charge is 0.199 e. The maximum atomic E-state index is 13.1. The second-order valence-corrected chi connectivity index (χ2v) is 2.81. The number of nitrogens with zero attached hydrogens (tertiary/aromatic N) is 2. The largest absolute Gasteiger partial charge is 0.331 e. The van der Waals surface area contributed by atoms with Gasteiger partial charge in [-0.2, -0.15) is 0 Å². The Morgan fingerprint density at radius 3 is 2.21 bits per heavy atom. The van der Waals surface area contributed by atoms with E-state index in [1.54, 1.807) is 0 Å². The fourth-order valence-corrected chi connectivity index (χ4v) is 1.25. The first kappa shape index (κ1) is 8.98. The van der Waals surface area contributed by atoms with Gasteiger partial charge in [0.15, 0.2) is 23.3 Å². The molecule has 0 spiro atoms. The standard InChI is InChI=1S/C8H4F4N2/c1-14-2-13-7-5(11)3(9)4(10)6(12)8(7)14/h2H,1H3. The molecule has 0 unspecified atom stereocenters. The van der Waals surface area contributed by atoms with Crippen molar-refractivity contribution in [2.45, 2.75) is 0 Å². The lowest BCUT2D eigenvalue weighted by Gasteiger charge is -2.00. The van der Waals surface area contributed by atoms with Crippen LogP contribution in [-0.4, -0.2) is 9.55 Å². The molecule has 0 radical (unpaired) electrons. The Kier molecular flexibility index (Phi) is 1.73. The zero-order valence-electron chi connectivity index (χ0n) is 6.98. The Bertz CT molecular complexity index is 518. The third-order valence-corrected chi connectivity index (χ3v) is 1.93. The van der Waals surface area contributed by atoms with E-state index in [1.165, 1.54) is 7.05 Å². The molecule has 0 bridgehead atoms. The highest BCUT2D eigenvalue weighted by Crippen LogP contribution is 2.24. The van der Waals surface area contributed by atoms with Crippen LogP contribution in [0.15, 0.2) is 6.33 Å². The molecule has 0 atom stereocenters. The number of hydrogen-bond acceptors (Lipinski definition) is 1. The van der Waals surface area contributed by atoms with Crippen LogP contribution < -0.4 is 0 Å². The highest BCUT2D eigenvalue weighted by Gasteiger charge is 2.22. The predicted molar refractivity (Wildman–Crippen MR) is 40.5 cm³/mol. The summed E-state index contributed by atoms with van der Waals surface area (Å²) in [6, 6.07) is 0. The summed E-state index contributed by atoms with van der Waals surface area (Å²) in [5, 5.41) is 0. The van der Waals surface area contributed by atoms with E-state index in [1.807, 2.05) is 0 Å². The number of hydrogen-bond donors (Lipinski definition) is 0. The minimum atomic E-state index is -1.84. The van der Waals surface area contributed by atoms with Crippen LogP contribution in [0.1, 0.15) is 0 Å². The number of aryl methyl sites for hydroxylation is 1. The lowest BCUT2D eigenvalue weighted by Crippen LogP contribution is -1.99. The van der Waals surface area contributed by atoms with Crippen molar-refractivity contribution in [1.82, 2.24) is 9.55 Å². The Balaban J connectivity index is 3.05. The summed E-state index contributed by atoms with van der Waals surface area (Å²) >= 11 is 0. The lowest BCUT2D eigenvalue weighted by atomic mass is 10.2. The van der Waals surface area contributed by atoms with Crippen LogP contribution in [0.4, 0.5) is 17.6 Å². The van der Waals surface area contributed by atoms with E-state index in [2.05, 4.69) is 4.98 Å². The first-order valence-electron chi connectivity index (χ1n) is 3.67. The van der Waals surface area contributed by atoms with E-state index in [-0.39, 0.29) is 5.52 Å². The van der Waals surface area contributed by atoms with Crippen molar-refractivity contribution in [3.05, 3.63) is 29.6 Å². The van der Waals surface area contributed by atoms with E-state index in [4.69, 9.17) is 0 Å². The molecule has 0 saturated heterocycles. The van der Waals surface area contributed by atoms with Crippen molar-refractivity contribution in [3.8, 4) is 0 Å². The van der Waals surface area contributed by atoms with Gasteiger partial charge < -0.3 is 4.57 Å². The Labute approximate surface area is 75.8 Å². The van der Waals surface area contributed by atoms with Gasteiger partial charge in [0.05, 0.1) is 6.33 Å². The van der Waals surface area contributed by atoms with Crippen LogP contribution in [0.25, 0.3) is 11.0 Å². The molecule has 14 heavy (non-hydrogen) atoms. The van der Waals surface area contributed by atoms with E-state index >= 15 is 0 Å². The summed E-state index contributed by atoms with van der Waals surface area (Å²) in [5.41, 5.74) is -0.898. The number of fused-ring (bicyclic) bond motifs is 1. The van der Waals surface area contributed by atoms with E-state index in [0.717, 1.165) is 10.9 Å². The minimum absolute atomic E-state index is 0.388. The highest BCUT2D eigenvalue weighted by atomic mass is 19.2. The average Bonchev–Trinajstić information content (AvgIpc) is 2.54. The number of aromatic nitrogens is 2. The average molecular weight is 204 g/mol. The second kappa shape index (κ2) is 2.70. The summed E-state index contributed by atoms with van der Waals surface area (Å²) in [5.74, 6) is -6.56. The number of rotatable bonds is 0. The predicted octanol–water partition coefficient (Wildman–Crippen LogP) is 2.13. The molecule has 0 aliphatic carbocycles. The normalized spacial score (nSPS) is 11.2. The molecule has 6 heteroatoms. The van der Waals surface area contributed by atoms with Crippen molar-refractivity contribution < 1.29 is 17.6 Å². The molecular formula is C8H4F4N2. The van der Waals surface area contributed by atoms with Crippen LogP contribution in [0, 0.1) is 23.3 Å². The molecule has 0 N–H and O–H groups in total. The molecule has 0 amide bonds. The van der Waals surface area contributed by atoms with Gasteiger partial charge in [-0.05, 0) is 0 Å². The fourth-order valence-electron chi connectivity index (χ4n) is 1.25. The van der Waals surface area contributed by atoms with Crippen molar-refractivity contribution in [3.63, 3.8) is 0 Å². The quantitative estimate of drug-likeness (QED) is 0.365. The van der Waals surface area contributed by atoms with Crippen LogP contribution in [0.3, 0.4) is 0 Å². The molecule has 1 aromatic carbocycles. The number of benzene rings is 1. The summed E-state index contributed by atoms with van der Waals surface area (Å²) in [7, 11) is 1.36. The Morgan fingerprint density at radius 1 is 1.00 bits per heavy atom. The van der Waals surface area contributed by atoms with Gasteiger partial charge >= 0.3 is 0 Å². The molecule has 1 heterocycles. The first-order chi connectivity index (χ1) is 6.54. The third kappa shape index (κ3) is 0.934. The summed E-state index contributed by atoms with van der Waals surface area (Å²) in [6.07, 6.45) is 1.08. The Morgan fingerprint density at radius 2 is 1.57 bits per heavy atom. The topological polar surface area (TPSA) is 17.8 Å². The number of imidazole rings is 1. The minimum Gasteiger partial charge on any atom is -0.331 e. The second-order valence-electron chi connectivity index (χ2n) is 2.81. The van der Waals surface area contributed by atoms with Gasteiger partial charge in [-0.1, -0.05) is 0 Å². The van der Waals surface area contributed by atoms with E-state index < -0.39 is 28.8 Å². The van der Waals surface area contributed by atoms with Crippen molar-refractivity contribution >= 4 is 11.0 Å². The van der Waals surface area contributed by atoms with Crippen molar-refractivity contribution in [2.24, 2.45) is 7.05 Å². The molecule has 0 aliphatic heterocycles. The number of halogens is 4. The van der Waals surface area contributed by atoms with E-state index in [0.29, 0.717) is 0 Å². The van der Waals surface area contributed by atoms with Crippen LogP contribution >= 0.6 is 0 Å². The van der Waals surface area contributed by atoms with Gasteiger partial charge in [0.1, 0.15) is 11.0 Å². The van der Waals surface area contributed by atoms with E-state index in [9.17, 15) is 17.6 Å². The highest BCUT2D eigenvalue weighted by molar-refractivity contribution is 5.76. The Hall–Kier alpha value is -1.59. The SMILES string of the molecule is Cn1cnc2c(F)c(F)c(F)c(F)c21. The fraction of sp³-hybridized carbons (Fsp3) is 0.125. The van der Waals surface area contributed by atoms with Gasteiger partial charge in [0.2, 0.25) is 0 Å². The van der Waals surface area contributed by atoms with Gasteiger partial charge in [0, 0.05) is 7.05 Å². The van der Waals surface area contributed by atoms with Crippen molar-refractivity contribution in [2.75, 3.05) is 0 Å². The maximum absolute atomic E-state index is 13.1. The van der Waals surface area contributed by atoms with Gasteiger partial charge in [-0.15, -0.1) is 0 Å². The molecule has 2 rings (SSSR count). The summed E-state index contributed by atoms with van der Waals surface area (Å²) in [6.45, 7) is 0. The maximum Gasteiger partial charge on any atom is 0.199 e. The van der Waals surface area contributed by atoms with Crippen LogP contribution in [0.2, 0.25) is 0 Å². The molecule has 0 aliphatic rings. The third-order valence-electron chi connectivity index (χ3n) is 1.93. The molecule has 2 aromatic rings. The van der Waals surface area contributed by atoms with Gasteiger partial charge in [-0.3, -0.25) is 0 Å². The lowest BCUT2D eigenvalue weighted by molar-refractivity contribution is 0.416. The molecule has 1 aromatic heterocycles. The molecular weight excluding hydrogens is 200 g/mol. The zero-order valence-corrected chi connectivity index (χ0v) is 6.98. The van der Waals surface area contributed by atoms with Crippen molar-refractivity contribution in [1.29, 1.82) is 0 Å². The molecule has 0 fully saturated rings. The summed E-state index contributed by atoms with van der Waals surface area (Å²) in [4.78, 5) is 3.42. The summed E-state index contributed by atoms with van der Waals surface area (Å²) < 4.78 is 52.6. The zero-order chi connectivity index (χ0) is 10.5.